The molecule has 5 fully saturated rings. The first-order chi connectivity index (χ1) is 22.0. The number of H-pyrrole nitrogens is 1. The van der Waals surface area contributed by atoms with Crippen LogP contribution < -0.4 is 15.0 Å². The van der Waals surface area contributed by atoms with Crippen LogP contribution in [-0.2, 0) is 0 Å². The molecule has 10 rings (SSSR count). The first-order valence-corrected chi connectivity index (χ1v) is 17.8. The second kappa shape index (κ2) is 9.97. The summed E-state index contributed by atoms with van der Waals surface area (Å²) in [5, 5.41) is 26.5. The molecule has 3 saturated carbocycles. The van der Waals surface area contributed by atoms with Gasteiger partial charge in [0.2, 0.25) is 0 Å². The van der Waals surface area contributed by atoms with Gasteiger partial charge in [-0.05, 0) is 80.9 Å². The molecule has 5 unspecified atom stereocenters. The number of nitrogens with zero attached hydrogens (tertiary/aromatic N) is 5. The highest BCUT2D eigenvalue weighted by atomic mass is 35.5. The molecule has 232 valence electrons. The molecule has 3 aliphatic carbocycles. The Kier molecular flexibility index (Phi) is 6.01. The number of benzene rings is 1. The van der Waals surface area contributed by atoms with E-state index in [1.165, 1.54) is 18.4 Å². The Morgan fingerprint density at radius 1 is 1.07 bits per heavy atom. The van der Waals surface area contributed by atoms with Crippen LogP contribution in [0.3, 0.4) is 0 Å². The fourth-order valence-electron chi connectivity index (χ4n) is 9.11. The van der Waals surface area contributed by atoms with E-state index in [4.69, 9.17) is 31.3 Å². The molecule has 0 spiro atoms. The van der Waals surface area contributed by atoms with Crippen LogP contribution in [0, 0.1) is 11.3 Å². The fourth-order valence-corrected chi connectivity index (χ4v) is 10.6. The molecule has 45 heavy (non-hydrogen) atoms. The minimum absolute atomic E-state index is 0.186. The van der Waals surface area contributed by atoms with E-state index in [9.17, 15) is 5.11 Å². The first-order valence-electron chi connectivity index (χ1n) is 16.6. The number of anilines is 1. The molecule has 5 aliphatic rings. The maximum atomic E-state index is 11.2. The molecule has 5 atom stereocenters. The molecular weight excluding hydrogens is 606 g/mol. The molecule has 11 heteroatoms. The Labute approximate surface area is 269 Å². The van der Waals surface area contributed by atoms with Crippen LogP contribution >= 0.6 is 22.9 Å². The first kappa shape index (κ1) is 27.1. The molecule has 1 aromatic carbocycles. The lowest BCUT2D eigenvalue weighted by Gasteiger charge is -2.37. The standard InChI is InChI=1S/C34H36ClN7O2S/c35-23-12-24-22(13-37-41-24)26(25(23)17-3-4-17)28-29-21(8-11-36-28)27-31(42-14-19-5-6-20(15-42)38-19)39-33(40-32(27)45-29)44-16-34-9-1-2-18(7-10-34)30(34)43/h8,11-13,17-20,30,38,43H,1-7,9-10,14-16H2,(H,37,41). The molecular formula is C34H36ClN7O2S. The predicted molar refractivity (Wildman–Crippen MR) is 177 cm³/mol. The number of piperazine rings is 1. The van der Waals surface area contributed by atoms with Crippen molar-refractivity contribution in [2.45, 2.75) is 81.9 Å². The topological polar surface area (TPSA) is 112 Å². The number of pyridine rings is 1. The van der Waals surface area contributed by atoms with Crippen LogP contribution in [0.2, 0.25) is 5.02 Å². The minimum Gasteiger partial charge on any atom is -0.463 e. The zero-order valence-electron chi connectivity index (χ0n) is 25.1. The summed E-state index contributed by atoms with van der Waals surface area (Å²) < 4.78 is 7.60. The van der Waals surface area contributed by atoms with Crippen LogP contribution in [0.5, 0.6) is 6.01 Å². The van der Waals surface area contributed by atoms with Crippen LogP contribution in [0.25, 0.3) is 42.5 Å². The Balaban J connectivity index is 1.15. The zero-order chi connectivity index (χ0) is 29.9. The van der Waals surface area contributed by atoms with Crippen LogP contribution in [0.1, 0.15) is 69.3 Å². The molecule has 0 amide bonds. The van der Waals surface area contributed by atoms with Crippen molar-refractivity contribution in [3.63, 3.8) is 0 Å². The normalized spacial score (nSPS) is 29.4. The van der Waals surface area contributed by atoms with Gasteiger partial charge in [-0.1, -0.05) is 18.0 Å². The highest BCUT2D eigenvalue weighted by molar-refractivity contribution is 7.26. The van der Waals surface area contributed by atoms with Crippen molar-refractivity contribution in [1.29, 1.82) is 0 Å². The summed E-state index contributed by atoms with van der Waals surface area (Å²) in [7, 11) is 0. The maximum Gasteiger partial charge on any atom is 0.319 e. The Bertz CT molecular complexity index is 1970. The monoisotopic (exact) mass is 641 g/mol. The molecule has 9 nitrogen and oxygen atoms in total. The average molecular weight is 642 g/mol. The zero-order valence-corrected chi connectivity index (χ0v) is 26.6. The number of aromatic nitrogens is 5. The molecule has 0 radical (unpaired) electrons. The van der Waals surface area contributed by atoms with Crippen molar-refractivity contribution in [2.75, 3.05) is 24.6 Å². The van der Waals surface area contributed by atoms with Gasteiger partial charge >= 0.3 is 6.01 Å². The molecule has 3 N–H and O–H groups in total. The van der Waals surface area contributed by atoms with Crippen LogP contribution in [-0.4, -0.2) is 68.1 Å². The smallest absolute Gasteiger partial charge is 0.319 e. The lowest BCUT2D eigenvalue weighted by atomic mass is 9.74. The number of nitrogens with one attached hydrogen (secondary N) is 2. The van der Waals surface area contributed by atoms with E-state index in [1.807, 2.05) is 18.5 Å². The number of thiophene rings is 1. The van der Waals surface area contributed by atoms with Gasteiger partial charge in [-0.15, -0.1) is 11.3 Å². The third-order valence-corrected chi connectivity index (χ3v) is 12.9. The molecule has 6 heterocycles. The summed E-state index contributed by atoms with van der Waals surface area (Å²) in [5.74, 6) is 1.79. The van der Waals surface area contributed by atoms with Gasteiger partial charge in [-0.2, -0.15) is 15.1 Å². The van der Waals surface area contributed by atoms with Crippen LogP contribution in [0.15, 0.2) is 24.5 Å². The highest BCUT2D eigenvalue weighted by Gasteiger charge is 2.50. The van der Waals surface area contributed by atoms with E-state index < -0.39 is 0 Å². The lowest BCUT2D eigenvalue weighted by molar-refractivity contribution is -0.0361. The molecule has 4 bridgehead atoms. The Morgan fingerprint density at radius 2 is 1.93 bits per heavy atom. The number of aromatic amines is 1. The SMILES string of the molecule is OC1C2CCCC1(COc1nc(N3CC4CCC(C3)N4)c3c(n1)sc1c(-c4c(C5CC5)c(Cl)cc5[nH]ncc45)nccc13)CC2. The summed E-state index contributed by atoms with van der Waals surface area (Å²) >= 11 is 8.62. The van der Waals surface area contributed by atoms with Gasteiger partial charge in [-0.3, -0.25) is 10.1 Å². The number of ether oxygens (including phenoxy) is 1. The van der Waals surface area contributed by atoms with Gasteiger partial charge in [0.05, 0.1) is 40.2 Å². The van der Waals surface area contributed by atoms with Gasteiger partial charge in [0, 0.05) is 58.1 Å². The number of fused-ring (bicyclic) bond motifs is 8. The molecule has 2 saturated heterocycles. The van der Waals surface area contributed by atoms with Gasteiger partial charge in [0.25, 0.3) is 0 Å². The number of rotatable bonds is 6. The van der Waals surface area contributed by atoms with E-state index in [1.54, 1.807) is 11.3 Å². The van der Waals surface area contributed by atoms with E-state index in [2.05, 4.69) is 26.5 Å². The summed E-state index contributed by atoms with van der Waals surface area (Å²) in [4.78, 5) is 18.6. The van der Waals surface area contributed by atoms with E-state index in [0.717, 1.165) is 111 Å². The van der Waals surface area contributed by atoms with E-state index >= 15 is 0 Å². The van der Waals surface area contributed by atoms with Gasteiger partial charge in [0.1, 0.15) is 10.6 Å². The van der Waals surface area contributed by atoms with Crippen molar-refractivity contribution >= 4 is 60.0 Å². The number of hydrogen-bond donors (Lipinski definition) is 3. The van der Waals surface area contributed by atoms with Crippen molar-refractivity contribution in [1.82, 2.24) is 30.5 Å². The van der Waals surface area contributed by atoms with E-state index in [0.29, 0.717) is 36.5 Å². The van der Waals surface area contributed by atoms with Crippen molar-refractivity contribution < 1.29 is 9.84 Å². The number of aliphatic hydroxyl groups is 1. The molecule has 5 aromatic rings. The van der Waals surface area contributed by atoms with Gasteiger partial charge in [0.15, 0.2) is 0 Å². The fraction of sp³-hybridized carbons (Fsp3) is 0.529. The third-order valence-electron chi connectivity index (χ3n) is 11.5. The van der Waals surface area contributed by atoms with Gasteiger partial charge in [-0.25, -0.2) is 0 Å². The Morgan fingerprint density at radius 3 is 2.78 bits per heavy atom. The maximum absolute atomic E-state index is 11.2. The largest absolute Gasteiger partial charge is 0.463 e. The second-order valence-electron chi connectivity index (χ2n) is 14.2. The third kappa shape index (κ3) is 4.18. The van der Waals surface area contributed by atoms with Crippen molar-refractivity contribution in [3.05, 3.63) is 35.1 Å². The van der Waals surface area contributed by atoms with Crippen molar-refractivity contribution in [2.24, 2.45) is 11.3 Å². The quantitative estimate of drug-likeness (QED) is 0.191. The lowest BCUT2D eigenvalue weighted by Crippen LogP contribution is -2.51. The summed E-state index contributed by atoms with van der Waals surface area (Å²) in [6.45, 7) is 2.29. The highest BCUT2D eigenvalue weighted by Crippen LogP contribution is 2.53. The predicted octanol–water partition coefficient (Wildman–Crippen LogP) is 6.57. The molecule has 2 aliphatic heterocycles. The Hall–Kier alpha value is -3.05. The number of halogens is 1. The molecule has 4 aromatic heterocycles. The second-order valence-corrected chi connectivity index (χ2v) is 15.6. The van der Waals surface area contributed by atoms with Crippen molar-refractivity contribution in [3.8, 4) is 17.3 Å². The summed E-state index contributed by atoms with van der Waals surface area (Å²) in [5.41, 5.74) is 3.93. The summed E-state index contributed by atoms with van der Waals surface area (Å²) in [6, 6.07) is 5.47. The van der Waals surface area contributed by atoms with Gasteiger partial charge < -0.3 is 20.1 Å². The number of hydrogen-bond acceptors (Lipinski definition) is 9. The van der Waals surface area contributed by atoms with E-state index in [-0.39, 0.29) is 11.5 Å². The average Bonchev–Trinajstić information content (AvgIpc) is 3.45. The van der Waals surface area contributed by atoms with Crippen LogP contribution in [0.4, 0.5) is 5.82 Å². The minimum atomic E-state index is -0.297. The number of aliphatic hydroxyl groups excluding tert-OH is 1. The summed E-state index contributed by atoms with van der Waals surface area (Å²) in [6.07, 6.45) is 13.6.